The summed E-state index contributed by atoms with van der Waals surface area (Å²) in [5, 5.41) is 0. The lowest BCUT2D eigenvalue weighted by Gasteiger charge is -2.05. The predicted molar refractivity (Wildman–Crippen MR) is 185 cm³/mol. The minimum absolute atomic E-state index is 0.972. The summed E-state index contributed by atoms with van der Waals surface area (Å²) < 4.78 is 0. The molecule has 0 saturated heterocycles. The van der Waals surface area contributed by atoms with Gasteiger partial charge in [-0.25, -0.2) is 0 Å². The van der Waals surface area contributed by atoms with Crippen LogP contribution in [0.4, 0.5) is 0 Å². The molecule has 0 heteroatoms. The molecule has 0 saturated carbocycles. The molecule has 0 spiro atoms. The first-order valence-corrected chi connectivity index (χ1v) is 19.3. The van der Waals surface area contributed by atoms with Crippen molar-refractivity contribution in [2.75, 3.05) is 0 Å². The van der Waals surface area contributed by atoms with Crippen molar-refractivity contribution >= 4 is 0 Å². The lowest BCUT2D eigenvalue weighted by Crippen LogP contribution is -1.85. The summed E-state index contributed by atoms with van der Waals surface area (Å²) in [6, 6.07) is 0. The van der Waals surface area contributed by atoms with Crippen molar-refractivity contribution in [3.05, 3.63) is 0 Å². The Morgan fingerprint density at radius 3 is 0.550 bits per heavy atom. The number of rotatable bonds is 36. The van der Waals surface area contributed by atoms with E-state index in [0.717, 1.165) is 6.42 Å². The second kappa shape index (κ2) is 38.6. The quantitative estimate of drug-likeness (QED) is 0.0530. The van der Waals surface area contributed by atoms with Crippen molar-refractivity contribution in [1.82, 2.24) is 0 Å². The zero-order valence-corrected chi connectivity index (χ0v) is 28.2. The first-order valence-electron chi connectivity index (χ1n) is 19.3. The number of hydrogen-bond donors (Lipinski definition) is 0. The molecule has 0 amide bonds. The molecule has 0 aromatic carbocycles. The highest BCUT2D eigenvalue weighted by Crippen LogP contribution is 2.17. The highest BCUT2D eigenvalue weighted by atomic mass is 14.0. The minimum Gasteiger partial charge on any atom is -0.120 e. The normalized spacial score (nSPS) is 11.3. The largest absolute Gasteiger partial charge is 0.120 e. The summed E-state index contributed by atoms with van der Waals surface area (Å²) in [7, 11) is 0. The average molecular weight is 559 g/mol. The van der Waals surface area contributed by atoms with Gasteiger partial charge in [0.05, 0.1) is 0 Å². The molecular weight excluding hydrogens is 480 g/mol. The molecule has 0 rings (SSSR count). The first-order chi connectivity index (χ1) is 19.9. The third kappa shape index (κ3) is 37.6. The van der Waals surface area contributed by atoms with Crippen LogP contribution in [0.3, 0.4) is 0 Å². The Balaban J connectivity index is 3.02. The fourth-order valence-corrected chi connectivity index (χ4v) is 6.31. The van der Waals surface area contributed by atoms with Crippen LogP contribution in [0.25, 0.3) is 0 Å². The average Bonchev–Trinajstić information content (AvgIpc) is 2.97. The molecule has 0 atom stereocenters. The molecule has 0 nitrogen and oxygen atoms in total. The van der Waals surface area contributed by atoms with Crippen molar-refractivity contribution in [1.29, 1.82) is 0 Å². The summed E-state index contributed by atoms with van der Waals surface area (Å²) in [6.45, 7) is 2.31. The molecule has 0 heterocycles. The van der Waals surface area contributed by atoms with Crippen molar-refractivity contribution < 1.29 is 0 Å². The molecule has 0 radical (unpaired) electrons. The van der Waals surface area contributed by atoms with Gasteiger partial charge in [-0.15, -0.1) is 12.3 Å². The van der Waals surface area contributed by atoms with E-state index in [2.05, 4.69) is 12.8 Å². The lowest BCUT2D eigenvalue weighted by atomic mass is 10.0. The predicted octanol–water partition coefficient (Wildman–Crippen LogP) is 15.1. The first kappa shape index (κ1) is 39.6. The van der Waals surface area contributed by atoms with Crippen LogP contribution in [0.1, 0.15) is 244 Å². The van der Waals surface area contributed by atoms with Crippen LogP contribution in [0.15, 0.2) is 0 Å². The third-order valence-electron chi connectivity index (χ3n) is 9.17. The maximum Gasteiger partial charge on any atom is 0.00860 e. The highest BCUT2D eigenvalue weighted by molar-refractivity contribution is 4.82. The standard InChI is InChI=1S/C40H78/c1-3-5-7-9-11-13-15-17-19-21-23-25-27-29-31-33-35-37-39-40-38-36-34-32-30-28-26-24-22-20-18-16-14-12-10-8-6-4-2/h1H,4-40H2,2H3. The number of unbranched alkanes of at least 4 members (excludes halogenated alkanes) is 36. The van der Waals surface area contributed by atoms with E-state index in [1.807, 2.05) is 0 Å². The zero-order chi connectivity index (χ0) is 28.9. The Kier molecular flexibility index (Phi) is 38.1. The van der Waals surface area contributed by atoms with E-state index < -0.39 is 0 Å². The van der Waals surface area contributed by atoms with E-state index in [-0.39, 0.29) is 0 Å². The number of hydrogen-bond acceptors (Lipinski definition) is 0. The van der Waals surface area contributed by atoms with Gasteiger partial charge in [-0.1, -0.05) is 232 Å². The topological polar surface area (TPSA) is 0 Å². The molecular formula is C40H78. The Bertz CT molecular complexity index is 457. The molecule has 0 bridgehead atoms. The van der Waals surface area contributed by atoms with Crippen LogP contribution < -0.4 is 0 Å². The summed E-state index contributed by atoms with van der Waals surface area (Å²) >= 11 is 0. The van der Waals surface area contributed by atoms with Crippen LogP contribution >= 0.6 is 0 Å². The van der Waals surface area contributed by atoms with E-state index in [0.29, 0.717) is 0 Å². The molecule has 0 aliphatic rings. The fraction of sp³-hybridized carbons (Fsp3) is 0.950. The fourth-order valence-electron chi connectivity index (χ4n) is 6.31. The van der Waals surface area contributed by atoms with Gasteiger partial charge in [-0.2, -0.15) is 0 Å². The van der Waals surface area contributed by atoms with Gasteiger partial charge in [0, 0.05) is 6.42 Å². The smallest absolute Gasteiger partial charge is 0.00860 e. The molecule has 0 fully saturated rings. The second-order valence-corrected chi connectivity index (χ2v) is 13.3. The van der Waals surface area contributed by atoms with Crippen LogP contribution in [0.5, 0.6) is 0 Å². The van der Waals surface area contributed by atoms with Gasteiger partial charge in [0.1, 0.15) is 0 Å². The van der Waals surface area contributed by atoms with Crippen molar-refractivity contribution in [3.8, 4) is 12.3 Å². The van der Waals surface area contributed by atoms with Crippen LogP contribution in [0, 0.1) is 12.3 Å². The molecule has 40 heavy (non-hydrogen) atoms. The van der Waals surface area contributed by atoms with Gasteiger partial charge < -0.3 is 0 Å². The third-order valence-corrected chi connectivity index (χ3v) is 9.17. The van der Waals surface area contributed by atoms with E-state index in [1.165, 1.54) is 231 Å². The van der Waals surface area contributed by atoms with Gasteiger partial charge in [0.15, 0.2) is 0 Å². The maximum absolute atomic E-state index is 5.30. The minimum atomic E-state index is 0.972. The zero-order valence-electron chi connectivity index (χ0n) is 28.2. The van der Waals surface area contributed by atoms with Crippen molar-refractivity contribution in [2.24, 2.45) is 0 Å². The monoisotopic (exact) mass is 559 g/mol. The lowest BCUT2D eigenvalue weighted by molar-refractivity contribution is 0.510. The van der Waals surface area contributed by atoms with Gasteiger partial charge in [-0.3, -0.25) is 0 Å². The van der Waals surface area contributed by atoms with Crippen molar-refractivity contribution in [3.63, 3.8) is 0 Å². The second-order valence-electron chi connectivity index (χ2n) is 13.3. The highest BCUT2D eigenvalue weighted by Gasteiger charge is 1.97. The summed E-state index contributed by atoms with van der Waals surface area (Å²) in [4.78, 5) is 0. The van der Waals surface area contributed by atoms with E-state index in [1.54, 1.807) is 0 Å². The van der Waals surface area contributed by atoms with Gasteiger partial charge in [0.2, 0.25) is 0 Å². The van der Waals surface area contributed by atoms with Crippen LogP contribution in [-0.2, 0) is 0 Å². The summed E-state index contributed by atoms with van der Waals surface area (Å²) in [5.41, 5.74) is 0. The molecule has 0 N–H and O–H groups in total. The van der Waals surface area contributed by atoms with Crippen molar-refractivity contribution in [2.45, 2.75) is 244 Å². The summed E-state index contributed by atoms with van der Waals surface area (Å²) in [5.74, 6) is 2.74. The molecule has 0 aliphatic carbocycles. The Hall–Kier alpha value is -0.440. The van der Waals surface area contributed by atoms with Gasteiger partial charge >= 0.3 is 0 Å². The Labute approximate surface area is 256 Å². The van der Waals surface area contributed by atoms with Gasteiger partial charge in [-0.05, 0) is 6.42 Å². The molecule has 0 aromatic rings. The van der Waals surface area contributed by atoms with Crippen LogP contribution in [-0.4, -0.2) is 0 Å². The Morgan fingerprint density at radius 2 is 0.400 bits per heavy atom. The molecule has 0 unspecified atom stereocenters. The number of terminal acetylenes is 1. The van der Waals surface area contributed by atoms with E-state index >= 15 is 0 Å². The maximum atomic E-state index is 5.30. The summed E-state index contributed by atoms with van der Waals surface area (Å²) in [6.07, 6.45) is 58.9. The molecule has 238 valence electrons. The molecule has 0 aromatic heterocycles. The SMILES string of the molecule is C#CCCCCCCCCCCCCCCCCCCCCCCCCCCCCCCCCCCCCCC. The molecule has 0 aliphatic heterocycles. The van der Waals surface area contributed by atoms with E-state index in [9.17, 15) is 0 Å². The van der Waals surface area contributed by atoms with E-state index in [4.69, 9.17) is 6.42 Å². The van der Waals surface area contributed by atoms with Crippen LogP contribution in [0.2, 0.25) is 0 Å². The van der Waals surface area contributed by atoms with Gasteiger partial charge in [0.25, 0.3) is 0 Å². The Morgan fingerprint density at radius 1 is 0.250 bits per heavy atom.